The number of nitrogens with zero attached hydrogens (tertiary/aromatic N) is 2. The number of morpholine rings is 1. The molecule has 3 fully saturated rings. The molecule has 1 saturated carbocycles. The third kappa shape index (κ3) is 5.10. The van der Waals surface area contributed by atoms with Crippen molar-refractivity contribution in [3.63, 3.8) is 0 Å². The summed E-state index contributed by atoms with van der Waals surface area (Å²) in [6.45, 7) is 6.06. The second kappa shape index (κ2) is 10.3. The van der Waals surface area contributed by atoms with E-state index in [9.17, 15) is 4.79 Å². The minimum Gasteiger partial charge on any atom is -0.497 e. The number of hydrogen-bond donors (Lipinski definition) is 0. The summed E-state index contributed by atoms with van der Waals surface area (Å²) in [7, 11) is 1.71. The molecule has 5 nitrogen and oxygen atoms in total. The zero-order chi connectivity index (χ0) is 22.6. The molecule has 0 unspecified atom stereocenters. The highest BCUT2D eigenvalue weighted by molar-refractivity contribution is 5.96. The molecular formula is C28H36N2O3. The molecule has 2 heterocycles. The Morgan fingerprint density at radius 2 is 1.82 bits per heavy atom. The standard InChI is InChI=1S/C28H36N2O3/c1-32-25-11-9-21(10-12-25)17-22-6-4-7-24-19-30(20-27(22)24)28(31)26-8-3-2-5-23(26)18-29-13-15-33-16-14-29/h2-3,5,8-12,22,24,27H,4,6-7,13-20H2,1H3/t22-,24-,27-/m1/s1. The van der Waals surface area contributed by atoms with Crippen LogP contribution >= 0.6 is 0 Å². The Morgan fingerprint density at radius 1 is 1.03 bits per heavy atom. The first-order chi connectivity index (χ1) is 16.2. The highest BCUT2D eigenvalue weighted by atomic mass is 16.5. The maximum atomic E-state index is 13.7. The highest BCUT2D eigenvalue weighted by Gasteiger charge is 2.42. The van der Waals surface area contributed by atoms with E-state index in [4.69, 9.17) is 9.47 Å². The van der Waals surface area contributed by atoms with Crippen molar-refractivity contribution in [1.29, 1.82) is 0 Å². The molecule has 2 aliphatic heterocycles. The number of amides is 1. The number of methoxy groups -OCH3 is 1. The molecule has 33 heavy (non-hydrogen) atoms. The van der Waals surface area contributed by atoms with Gasteiger partial charge in [0.2, 0.25) is 0 Å². The van der Waals surface area contributed by atoms with Crippen LogP contribution in [-0.2, 0) is 17.7 Å². The van der Waals surface area contributed by atoms with Gasteiger partial charge in [-0.3, -0.25) is 9.69 Å². The van der Waals surface area contributed by atoms with Gasteiger partial charge in [-0.1, -0.05) is 36.8 Å². The number of likely N-dealkylation sites (tertiary alicyclic amines) is 1. The van der Waals surface area contributed by atoms with Crippen LogP contribution in [-0.4, -0.2) is 62.2 Å². The van der Waals surface area contributed by atoms with E-state index in [0.717, 1.165) is 69.2 Å². The predicted octanol–water partition coefficient (Wildman–Crippen LogP) is 4.26. The van der Waals surface area contributed by atoms with E-state index in [1.54, 1.807) is 7.11 Å². The molecule has 5 heteroatoms. The van der Waals surface area contributed by atoms with Crippen molar-refractivity contribution in [3.05, 3.63) is 65.2 Å². The molecular weight excluding hydrogens is 412 g/mol. The summed E-state index contributed by atoms with van der Waals surface area (Å²) >= 11 is 0. The van der Waals surface area contributed by atoms with Gasteiger partial charge in [0.05, 0.1) is 20.3 Å². The molecule has 0 N–H and O–H groups in total. The third-order valence-corrected chi connectivity index (χ3v) is 7.94. The van der Waals surface area contributed by atoms with Crippen LogP contribution in [0.2, 0.25) is 0 Å². The van der Waals surface area contributed by atoms with Crippen LogP contribution in [0.3, 0.4) is 0 Å². The molecule has 0 radical (unpaired) electrons. The van der Waals surface area contributed by atoms with Crippen LogP contribution in [0.25, 0.3) is 0 Å². The van der Waals surface area contributed by atoms with Gasteiger partial charge in [0.1, 0.15) is 5.75 Å². The zero-order valence-corrected chi connectivity index (χ0v) is 19.7. The molecule has 1 aliphatic carbocycles. The topological polar surface area (TPSA) is 42.0 Å². The highest BCUT2D eigenvalue weighted by Crippen LogP contribution is 2.42. The summed E-state index contributed by atoms with van der Waals surface area (Å²) in [6.07, 6.45) is 4.89. The normalized spacial score (nSPS) is 25.6. The number of rotatable bonds is 6. The van der Waals surface area contributed by atoms with E-state index in [1.807, 2.05) is 12.1 Å². The van der Waals surface area contributed by atoms with Crippen LogP contribution in [0, 0.1) is 17.8 Å². The molecule has 176 valence electrons. The van der Waals surface area contributed by atoms with E-state index < -0.39 is 0 Å². The molecule has 3 atom stereocenters. The SMILES string of the molecule is COc1ccc(C[C@H]2CCC[C@@H]3CN(C(=O)c4ccccc4CN4CCOCC4)C[C@H]23)cc1. The average molecular weight is 449 g/mol. The fraction of sp³-hybridized carbons (Fsp3) is 0.536. The van der Waals surface area contributed by atoms with Crippen LogP contribution in [0.5, 0.6) is 5.75 Å². The lowest BCUT2D eigenvalue weighted by molar-refractivity contribution is 0.0340. The second-order valence-electron chi connectivity index (χ2n) is 9.92. The Kier molecular flexibility index (Phi) is 6.98. The Morgan fingerprint density at radius 3 is 2.61 bits per heavy atom. The number of carbonyl (C=O) groups excluding carboxylic acids is 1. The van der Waals surface area contributed by atoms with E-state index in [2.05, 4.69) is 46.2 Å². The Bertz CT molecular complexity index is 938. The number of benzene rings is 2. The lowest BCUT2D eigenvalue weighted by Gasteiger charge is -2.33. The van der Waals surface area contributed by atoms with E-state index in [1.165, 1.54) is 24.8 Å². The van der Waals surface area contributed by atoms with Crippen molar-refractivity contribution < 1.29 is 14.3 Å². The smallest absolute Gasteiger partial charge is 0.254 e. The van der Waals surface area contributed by atoms with Gasteiger partial charge in [-0.15, -0.1) is 0 Å². The number of fused-ring (bicyclic) bond motifs is 1. The fourth-order valence-corrected chi connectivity index (χ4v) is 6.11. The molecule has 0 spiro atoms. The summed E-state index contributed by atoms with van der Waals surface area (Å²) in [6, 6.07) is 16.7. The first-order valence-corrected chi connectivity index (χ1v) is 12.5. The molecule has 1 amide bonds. The van der Waals surface area contributed by atoms with E-state index >= 15 is 0 Å². The van der Waals surface area contributed by atoms with Crippen LogP contribution in [0.1, 0.15) is 40.7 Å². The van der Waals surface area contributed by atoms with Crippen molar-refractivity contribution in [2.45, 2.75) is 32.2 Å². The summed E-state index contributed by atoms with van der Waals surface area (Å²) in [5, 5.41) is 0. The monoisotopic (exact) mass is 448 g/mol. The van der Waals surface area contributed by atoms with Gasteiger partial charge in [-0.05, 0) is 66.3 Å². The molecule has 3 aliphatic rings. The van der Waals surface area contributed by atoms with E-state index in [0.29, 0.717) is 17.8 Å². The lowest BCUT2D eigenvalue weighted by Crippen LogP contribution is -2.36. The van der Waals surface area contributed by atoms with Crippen molar-refractivity contribution in [2.75, 3.05) is 46.5 Å². The lowest BCUT2D eigenvalue weighted by atomic mass is 9.71. The number of hydrogen-bond acceptors (Lipinski definition) is 4. The third-order valence-electron chi connectivity index (χ3n) is 7.94. The van der Waals surface area contributed by atoms with Crippen molar-refractivity contribution in [2.24, 2.45) is 17.8 Å². The van der Waals surface area contributed by atoms with Crippen molar-refractivity contribution in [1.82, 2.24) is 9.80 Å². The van der Waals surface area contributed by atoms with Gasteiger partial charge in [-0.25, -0.2) is 0 Å². The molecule has 2 saturated heterocycles. The number of carbonyl (C=O) groups is 1. The summed E-state index contributed by atoms with van der Waals surface area (Å²) in [5.74, 6) is 3.03. The Labute approximate surface area is 197 Å². The first kappa shape index (κ1) is 22.4. The van der Waals surface area contributed by atoms with Gasteiger partial charge in [0.25, 0.3) is 5.91 Å². The second-order valence-corrected chi connectivity index (χ2v) is 9.92. The Balaban J connectivity index is 1.27. The molecule has 0 bridgehead atoms. The summed E-state index contributed by atoms with van der Waals surface area (Å²) in [5.41, 5.74) is 3.41. The van der Waals surface area contributed by atoms with Gasteiger partial charge in [-0.2, -0.15) is 0 Å². The maximum Gasteiger partial charge on any atom is 0.254 e. The minimum atomic E-state index is 0.219. The van der Waals surface area contributed by atoms with Gasteiger partial charge in [0, 0.05) is 38.3 Å². The van der Waals surface area contributed by atoms with Gasteiger partial charge in [0.15, 0.2) is 0 Å². The van der Waals surface area contributed by atoms with Crippen LogP contribution < -0.4 is 4.74 Å². The largest absolute Gasteiger partial charge is 0.497 e. The number of ether oxygens (including phenoxy) is 2. The quantitative estimate of drug-likeness (QED) is 0.662. The van der Waals surface area contributed by atoms with Crippen molar-refractivity contribution >= 4 is 5.91 Å². The molecule has 5 rings (SSSR count). The summed E-state index contributed by atoms with van der Waals surface area (Å²) in [4.78, 5) is 18.2. The van der Waals surface area contributed by atoms with Crippen LogP contribution in [0.4, 0.5) is 0 Å². The van der Waals surface area contributed by atoms with Gasteiger partial charge < -0.3 is 14.4 Å². The fourth-order valence-electron chi connectivity index (χ4n) is 6.11. The Hall–Kier alpha value is -2.37. The zero-order valence-electron chi connectivity index (χ0n) is 19.7. The predicted molar refractivity (Wildman–Crippen MR) is 129 cm³/mol. The van der Waals surface area contributed by atoms with Crippen molar-refractivity contribution in [3.8, 4) is 5.75 Å². The minimum absolute atomic E-state index is 0.219. The average Bonchev–Trinajstić information content (AvgIpc) is 3.31. The first-order valence-electron chi connectivity index (χ1n) is 12.5. The van der Waals surface area contributed by atoms with Gasteiger partial charge >= 0.3 is 0 Å². The van der Waals surface area contributed by atoms with Crippen LogP contribution in [0.15, 0.2) is 48.5 Å². The molecule has 2 aromatic carbocycles. The summed E-state index contributed by atoms with van der Waals surface area (Å²) < 4.78 is 10.8. The maximum absolute atomic E-state index is 13.7. The van der Waals surface area contributed by atoms with E-state index in [-0.39, 0.29) is 5.91 Å². The molecule has 2 aromatic rings. The molecule has 0 aromatic heterocycles.